The minimum atomic E-state index is -0.0486. The molecule has 0 atom stereocenters. The first-order valence-electron chi connectivity index (χ1n) is 10.9. The van der Waals surface area contributed by atoms with E-state index in [-0.39, 0.29) is 11.2 Å². The maximum atomic E-state index is 13.2. The Hall–Kier alpha value is -2.94. The molecule has 2 aromatic heterocycles. The molecule has 2 heterocycles. The molecule has 5 rings (SSSR count). The van der Waals surface area contributed by atoms with Crippen LogP contribution in [0.15, 0.2) is 48.5 Å². The van der Waals surface area contributed by atoms with E-state index in [4.69, 9.17) is 4.98 Å². The largest absolute Gasteiger partial charge is 0.353 e. The monoisotopic (exact) mass is 396 g/mol. The van der Waals surface area contributed by atoms with Crippen LogP contribution in [0.5, 0.6) is 0 Å². The number of ketones is 1. The topological polar surface area (TPSA) is 45.8 Å². The number of aromatic nitrogens is 2. The van der Waals surface area contributed by atoms with Crippen LogP contribution in [-0.4, -0.2) is 15.8 Å². The molecule has 2 aromatic carbocycles. The van der Waals surface area contributed by atoms with Crippen molar-refractivity contribution < 1.29 is 4.79 Å². The summed E-state index contributed by atoms with van der Waals surface area (Å²) >= 11 is 0. The quantitative estimate of drug-likeness (QED) is 0.425. The molecule has 1 aliphatic carbocycles. The van der Waals surface area contributed by atoms with Crippen molar-refractivity contribution in [2.75, 3.05) is 0 Å². The van der Waals surface area contributed by atoms with Crippen LogP contribution in [0.3, 0.4) is 0 Å². The van der Waals surface area contributed by atoms with Gasteiger partial charge in [0.25, 0.3) is 0 Å². The third kappa shape index (κ3) is 3.13. The van der Waals surface area contributed by atoms with E-state index in [9.17, 15) is 4.79 Å². The third-order valence-electron chi connectivity index (χ3n) is 6.39. The van der Waals surface area contributed by atoms with E-state index in [0.29, 0.717) is 12.3 Å². The van der Waals surface area contributed by atoms with Crippen molar-refractivity contribution in [3.8, 4) is 0 Å². The first-order chi connectivity index (χ1) is 14.3. The van der Waals surface area contributed by atoms with Crippen LogP contribution in [0, 0.1) is 5.41 Å². The molecular weight excluding hydrogens is 368 g/mol. The lowest BCUT2D eigenvalue weighted by Crippen LogP contribution is -2.28. The number of Topliss-reactive ketones (excluding diaryl/α,β-unsaturated/α-hetero) is 1. The highest BCUT2D eigenvalue weighted by Crippen LogP contribution is 2.40. The summed E-state index contributed by atoms with van der Waals surface area (Å²) in [6.45, 7) is 8.76. The number of benzene rings is 2. The fraction of sp³-hybridized carbons (Fsp3) is 0.333. The summed E-state index contributed by atoms with van der Waals surface area (Å²) in [4.78, 5) is 21.8. The molecule has 3 heteroatoms. The van der Waals surface area contributed by atoms with Crippen molar-refractivity contribution in [1.29, 1.82) is 0 Å². The van der Waals surface area contributed by atoms with Crippen molar-refractivity contribution >= 4 is 27.6 Å². The number of aromatic amines is 1. The Labute approximate surface area is 177 Å². The average Bonchev–Trinajstić information content (AvgIpc) is 3.07. The second kappa shape index (κ2) is 6.80. The SMILES string of the molecule is CC(C)c1ccc(Cc2nc3c(c4c2[nH]c2ccccc24)C(=O)CC(C)(C)C3)cc1. The molecule has 4 aromatic rings. The Morgan fingerprint density at radius 2 is 1.77 bits per heavy atom. The van der Waals surface area contributed by atoms with E-state index < -0.39 is 0 Å². The molecule has 0 saturated heterocycles. The second-order valence-corrected chi connectivity index (χ2v) is 9.81. The molecule has 0 fully saturated rings. The molecule has 1 N–H and O–H groups in total. The predicted molar refractivity (Wildman–Crippen MR) is 123 cm³/mol. The summed E-state index contributed by atoms with van der Waals surface area (Å²) in [6.07, 6.45) is 2.17. The van der Waals surface area contributed by atoms with E-state index >= 15 is 0 Å². The van der Waals surface area contributed by atoms with Crippen molar-refractivity contribution in [3.63, 3.8) is 0 Å². The highest BCUT2D eigenvalue weighted by Gasteiger charge is 2.34. The number of rotatable bonds is 3. The van der Waals surface area contributed by atoms with E-state index in [1.165, 1.54) is 11.1 Å². The minimum absolute atomic E-state index is 0.0486. The fourth-order valence-electron chi connectivity index (χ4n) is 4.85. The molecular formula is C27H28N2O. The normalized spacial score (nSPS) is 15.8. The van der Waals surface area contributed by atoms with Gasteiger partial charge in [0.1, 0.15) is 0 Å². The molecule has 0 radical (unpaired) electrons. The third-order valence-corrected chi connectivity index (χ3v) is 6.39. The van der Waals surface area contributed by atoms with Crippen LogP contribution < -0.4 is 0 Å². The maximum Gasteiger partial charge on any atom is 0.165 e. The van der Waals surface area contributed by atoms with Gasteiger partial charge < -0.3 is 4.98 Å². The number of hydrogen-bond donors (Lipinski definition) is 1. The van der Waals surface area contributed by atoms with Gasteiger partial charge in [0.2, 0.25) is 0 Å². The van der Waals surface area contributed by atoms with E-state index in [1.54, 1.807) is 0 Å². The molecule has 0 spiro atoms. The highest BCUT2D eigenvalue weighted by atomic mass is 16.1. The maximum absolute atomic E-state index is 13.2. The lowest BCUT2D eigenvalue weighted by Gasteiger charge is -2.30. The Morgan fingerprint density at radius 3 is 2.50 bits per heavy atom. The number of nitrogens with one attached hydrogen (secondary N) is 1. The van der Waals surface area contributed by atoms with Crippen molar-refractivity contribution in [3.05, 3.63) is 76.6 Å². The van der Waals surface area contributed by atoms with Crippen molar-refractivity contribution in [2.45, 2.75) is 52.9 Å². The second-order valence-electron chi connectivity index (χ2n) is 9.81. The zero-order valence-corrected chi connectivity index (χ0v) is 18.2. The van der Waals surface area contributed by atoms with Crippen LogP contribution in [0.4, 0.5) is 0 Å². The Balaban J connectivity index is 1.72. The Kier molecular flexibility index (Phi) is 4.32. The molecule has 0 unspecified atom stereocenters. The number of fused-ring (bicyclic) bond motifs is 5. The molecule has 0 bridgehead atoms. The predicted octanol–water partition coefficient (Wildman–Crippen LogP) is 6.59. The number of carbonyl (C=O) groups is 1. The van der Waals surface area contributed by atoms with Gasteiger partial charge in [-0.25, -0.2) is 0 Å². The number of carbonyl (C=O) groups excluding carboxylic acids is 1. The molecule has 0 amide bonds. The summed E-state index contributed by atoms with van der Waals surface area (Å²) in [7, 11) is 0. The van der Waals surface area contributed by atoms with Gasteiger partial charge in [-0.3, -0.25) is 9.78 Å². The van der Waals surface area contributed by atoms with Crippen molar-refractivity contribution in [2.24, 2.45) is 5.41 Å². The van der Waals surface area contributed by atoms with Crippen LogP contribution in [-0.2, 0) is 12.8 Å². The van der Waals surface area contributed by atoms with E-state index in [2.05, 4.69) is 69.1 Å². The van der Waals surface area contributed by atoms with Gasteiger partial charge in [-0.05, 0) is 34.9 Å². The number of hydrogen-bond acceptors (Lipinski definition) is 2. The zero-order chi connectivity index (χ0) is 21.0. The van der Waals surface area contributed by atoms with Gasteiger partial charge in [-0.15, -0.1) is 0 Å². The molecule has 152 valence electrons. The minimum Gasteiger partial charge on any atom is -0.353 e. The molecule has 0 aliphatic heterocycles. The number of pyridine rings is 1. The summed E-state index contributed by atoms with van der Waals surface area (Å²) < 4.78 is 0. The Bertz CT molecular complexity index is 1280. The van der Waals surface area contributed by atoms with Crippen LogP contribution in [0.2, 0.25) is 0 Å². The molecule has 0 saturated carbocycles. The number of nitrogens with zero attached hydrogens (tertiary/aromatic N) is 1. The van der Waals surface area contributed by atoms with Crippen LogP contribution in [0.1, 0.15) is 72.9 Å². The van der Waals surface area contributed by atoms with Crippen LogP contribution in [0.25, 0.3) is 21.8 Å². The van der Waals surface area contributed by atoms with E-state index in [1.807, 2.05) is 12.1 Å². The number of H-pyrrole nitrogens is 1. The average molecular weight is 397 g/mol. The van der Waals surface area contributed by atoms with Crippen LogP contribution >= 0.6 is 0 Å². The summed E-state index contributed by atoms with van der Waals surface area (Å²) in [5, 5.41) is 2.18. The van der Waals surface area contributed by atoms with E-state index in [0.717, 1.165) is 51.6 Å². The van der Waals surface area contributed by atoms with Gasteiger partial charge in [0.05, 0.1) is 16.9 Å². The first kappa shape index (κ1) is 19.0. The first-order valence-corrected chi connectivity index (χ1v) is 10.9. The smallest absolute Gasteiger partial charge is 0.165 e. The van der Waals surface area contributed by atoms with Gasteiger partial charge in [0, 0.05) is 34.7 Å². The van der Waals surface area contributed by atoms with Gasteiger partial charge >= 0.3 is 0 Å². The Morgan fingerprint density at radius 1 is 1.03 bits per heavy atom. The lowest BCUT2D eigenvalue weighted by molar-refractivity contribution is 0.0912. The number of para-hydroxylation sites is 1. The molecule has 1 aliphatic rings. The summed E-state index contributed by atoms with van der Waals surface area (Å²) in [5.74, 6) is 0.742. The molecule has 30 heavy (non-hydrogen) atoms. The van der Waals surface area contributed by atoms with Crippen molar-refractivity contribution in [1.82, 2.24) is 9.97 Å². The fourth-order valence-corrected chi connectivity index (χ4v) is 4.85. The van der Waals surface area contributed by atoms with Gasteiger partial charge in [-0.2, -0.15) is 0 Å². The standard InChI is InChI=1S/C27H28N2O/c1-16(2)18-11-9-17(10-12-18)13-21-26-24(19-7-5-6-8-20(19)29-26)25-22(28-21)14-27(3,4)15-23(25)30/h5-12,16,29H,13-15H2,1-4H3. The van der Waals surface area contributed by atoms with Gasteiger partial charge in [-0.1, -0.05) is 70.2 Å². The van der Waals surface area contributed by atoms with Gasteiger partial charge in [0.15, 0.2) is 5.78 Å². The lowest BCUT2D eigenvalue weighted by atomic mass is 9.74. The highest BCUT2D eigenvalue weighted by molar-refractivity contribution is 6.19. The summed E-state index contributed by atoms with van der Waals surface area (Å²) in [6, 6.07) is 17.1. The molecule has 3 nitrogen and oxygen atoms in total. The zero-order valence-electron chi connectivity index (χ0n) is 18.2. The summed E-state index contributed by atoms with van der Waals surface area (Å²) in [5.41, 5.74) is 7.44.